The van der Waals surface area contributed by atoms with Crippen molar-refractivity contribution in [3.8, 4) is 0 Å². The van der Waals surface area contributed by atoms with Crippen LogP contribution in [0.1, 0.15) is 26.1 Å². The molecule has 2 rings (SSSR count). The van der Waals surface area contributed by atoms with E-state index < -0.39 is 0 Å². The summed E-state index contributed by atoms with van der Waals surface area (Å²) in [4.78, 5) is 19.0. The molecule has 4 heteroatoms. The van der Waals surface area contributed by atoms with Gasteiger partial charge in [-0.3, -0.25) is 0 Å². The van der Waals surface area contributed by atoms with Gasteiger partial charge in [0.15, 0.2) is 0 Å². The second-order valence-corrected chi connectivity index (χ2v) is 4.07. The van der Waals surface area contributed by atoms with Gasteiger partial charge in [0, 0.05) is 5.57 Å². The molecule has 0 saturated carbocycles. The first-order valence-electron chi connectivity index (χ1n) is 5.98. The number of rotatable bonds is 4. The summed E-state index contributed by atoms with van der Waals surface area (Å²) < 4.78 is 5.17. The van der Waals surface area contributed by atoms with E-state index in [1.807, 2.05) is 37.3 Å². The molecule has 0 aliphatic heterocycles. The Labute approximate surface area is 106 Å². The Hall–Kier alpha value is -2.10. The van der Waals surface area contributed by atoms with Crippen LogP contribution >= 0.6 is 0 Å². The lowest BCUT2D eigenvalue weighted by Crippen LogP contribution is -2.06. The van der Waals surface area contributed by atoms with E-state index >= 15 is 0 Å². The summed E-state index contributed by atoms with van der Waals surface area (Å²) in [7, 11) is 0. The first-order valence-corrected chi connectivity index (χ1v) is 5.98. The number of hydrogen-bond acceptors (Lipinski definition) is 3. The SMILES string of the molecule is CCC=C(C)C(=O)OCc1nc2ccccc2[nH]1. The topological polar surface area (TPSA) is 55.0 Å². The Morgan fingerprint density at radius 1 is 1.44 bits per heavy atom. The number of nitrogens with zero attached hydrogens (tertiary/aromatic N) is 1. The van der Waals surface area contributed by atoms with E-state index in [-0.39, 0.29) is 12.6 Å². The Morgan fingerprint density at radius 2 is 2.22 bits per heavy atom. The summed E-state index contributed by atoms with van der Waals surface area (Å²) in [5.41, 5.74) is 2.46. The van der Waals surface area contributed by atoms with Gasteiger partial charge in [-0.2, -0.15) is 0 Å². The van der Waals surface area contributed by atoms with E-state index in [4.69, 9.17) is 4.74 Å². The third-order valence-electron chi connectivity index (χ3n) is 2.61. The Morgan fingerprint density at radius 3 is 2.94 bits per heavy atom. The molecule has 2 aromatic rings. The minimum atomic E-state index is -0.294. The van der Waals surface area contributed by atoms with E-state index in [0.29, 0.717) is 11.4 Å². The van der Waals surface area contributed by atoms with Crippen LogP contribution in [0.2, 0.25) is 0 Å². The molecule has 0 fully saturated rings. The van der Waals surface area contributed by atoms with Gasteiger partial charge in [0.2, 0.25) is 0 Å². The zero-order valence-corrected chi connectivity index (χ0v) is 10.6. The van der Waals surface area contributed by atoms with Crippen LogP contribution in [0.3, 0.4) is 0 Å². The summed E-state index contributed by atoms with van der Waals surface area (Å²) >= 11 is 0. The van der Waals surface area contributed by atoms with E-state index in [1.54, 1.807) is 6.92 Å². The van der Waals surface area contributed by atoms with Crippen molar-refractivity contribution in [2.24, 2.45) is 0 Å². The Balaban J connectivity index is 2.02. The number of allylic oxidation sites excluding steroid dienone is 1. The molecule has 0 atom stereocenters. The van der Waals surface area contributed by atoms with Crippen LogP contribution in [0, 0.1) is 0 Å². The average Bonchev–Trinajstić information content (AvgIpc) is 2.78. The molecule has 0 bridgehead atoms. The zero-order valence-electron chi connectivity index (χ0n) is 10.6. The quantitative estimate of drug-likeness (QED) is 0.664. The van der Waals surface area contributed by atoms with Gasteiger partial charge in [0.05, 0.1) is 11.0 Å². The molecule has 1 N–H and O–H groups in total. The molecule has 18 heavy (non-hydrogen) atoms. The Kier molecular flexibility index (Phi) is 3.77. The number of benzene rings is 1. The van der Waals surface area contributed by atoms with Crippen LogP contribution in [0.25, 0.3) is 11.0 Å². The molecule has 94 valence electrons. The summed E-state index contributed by atoms with van der Waals surface area (Å²) in [6.07, 6.45) is 2.67. The maximum atomic E-state index is 11.6. The number of carbonyl (C=O) groups excluding carboxylic acids is 1. The fourth-order valence-corrected chi connectivity index (χ4v) is 1.71. The molecule has 4 nitrogen and oxygen atoms in total. The van der Waals surface area contributed by atoms with Crippen LogP contribution in [0.15, 0.2) is 35.9 Å². The largest absolute Gasteiger partial charge is 0.454 e. The number of aromatic amines is 1. The van der Waals surface area contributed by atoms with Crippen molar-refractivity contribution in [1.82, 2.24) is 9.97 Å². The number of para-hydroxylation sites is 2. The number of aromatic nitrogens is 2. The van der Waals surface area contributed by atoms with Gasteiger partial charge in [-0.15, -0.1) is 0 Å². The van der Waals surface area contributed by atoms with Gasteiger partial charge in [0.1, 0.15) is 12.4 Å². The van der Waals surface area contributed by atoms with Gasteiger partial charge in [0.25, 0.3) is 0 Å². The molecular formula is C14H16N2O2. The first-order chi connectivity index (χ1) is 8.70. The summed E-state index contributed by atoms with van der Waals surface area (Å²) in [6, 6.07) is 7.72. The van der Waals surface area contributed by atoms with Gasteiger partial charge in [-0.1, -0.05) is 25.1 Å². The summed E-state index contributed by atoms with van der Waals surface area (Å²) in [5, 5.41) is 0. The number of esters is 1. The van der Waals surface area contributed by atoms with Crippen molar-refractivity contribution in [2.45, 2.75) is 26.9 Å². The van der Waals surface area contributed by atoms with Crippen molar-refractivity contribution < 1.29 is 9.53 Å². The molecule has 0 radical (unpaired) electrons. The lowest BCUT2D eigenvalue weighted by molar-refractivity contribution is -0.140. The number of nitrogens with one attached hydrogen (secondary N) is 1. The maximum absolute atomic E-state index is 11.6. The van der Waals surface area contributed by atoms with Crippen molar-refractivity contribution in [3.63, 3.8) is 0 Å². The monoisotopic (exact) mass is 244 g/mol. The van der Waals surface area contributed by atoms with E-state index in [0.717, 1.165) is 17.5 Å². The highest BCUT2D eigenvalue weighted by atomic mass is 16.5. The van der Waals surface area contributed by atoms with Crippen molar-refractivity contribution in [1.29, 1.82) is 0 Å². The molecule has 0 saturated heterocycles. The standard InChI is InChI=1S/C14H16N2O2/c1-3-6-10(2)14(17)18-9-13-15-11-7-4-5-8-12(11)16-13/h4-8H,3,9H2,1-2H3,(H,15,16). The molecular weight excluding hydrogens is 228 g/mol. The van der Waals surface area contributed by atoms with Gasteiger partial charge < -0.3 is 9.72 Å². The molecule has 0 spiro atoms. The van der Waals surface area contributed by atoms with E-state index in [9.17, 15) is 4.79 Å². The van der Waals surface area contributed by atoms with Crippen molar-refractivity contribution >= 4 is 17.0 Å². The van der Waals surface area contributed by atoms with Crippen LogP contribution in [0.5, 0.6) is 0 Å². The summed E-state index contributed by atoms with van der Waals surface area (Å²) in [5.74, 6) is 0.367. The predicted octanol–water partition coefficient (Wildman–Crippen LogP) is 2.96. The highest BCUT2D eigenvalue weighted by Gasteiger charge is 2.07. The number of H-pyrrole nitrogens is 1. The molecule has 1 heterocycles. The van der Waals surface area contributed by atoms with E-state index in [1.165, 1.54) is 0 Å². The second-order valence-electron chi connectivity index (χ2n) is 4.07. The summed E-state index contributed by atoms with van der Waals surface area (Å²) in [6.45, 7) is 3.91. The number of hydrogen-bond donors (Lipinski definition) is 1. The average molecular weight is 244 g/mol. The molecule has 1 aromatic carbocycles. The van der Waals surface area contributed by atoms with E-state index in [2.05, 4.69) is 9.97 Å². The minimum Gasteiger partial charge on any atom is -0.454 e. The van der Waals surface area contributed by atoms with Crippen LogP contribution in [0.4, 0.5) is 0 Å². The number of fused-ring (bicyclic) bond motifs is 1. The van der Waals surface area contributed by atoms with Gasteiger partial charge in [-0.25, -0.2) is 9.78 Å². The maximum Gasteiger partial charge on any atom is 0.333 e. The molecule has 0 amide bonds. The fourth-order valence-electron chi connectivity index (χ4n) is 1.71. The zero-order chi connectivity index (χ0) is 13.0. The highest BCUT2D eigenvalue weighted by Crippen LogP contribution is 2.11. The third-order valence-corrected chi connectivity index (χ3v) is 2.61. The Bertz CT molecular complexity index is 551. The van der Waals surface area contributed by atoms with Crippen LogP contribution < -0.4 is 0 Å². The fraction of sp³-hybridized carbons (Fsp3) is 0.286. The molecule has 0 aliphatic rings. The van der Waals surface area contributed by atoms with Gasteiger partial charge in [-0.05, 0) is 25.5 Å². The molecule has 0 aliphatic carbocycles. The van der Waals surface area contributed by atoms with Crippen molar-refractivity contribution in [3.05, 3.63) is 41.7 Å². The number of ether oxygens (including phenoxy) is 1. The van der Waals surface area contributed by atoms with Gasteiger partial charge >= 0.3 is 5.97 Å². The van der Waals surface area contributed by atoms with Crippen molar-refractivity contribution in [2.75, 3.05) is 0 Å². The third kappa shape index (κ3) is 2.77. The lowest BCUT2D eigenvalue weighted by Gasteiger charge is -2.02. The minimum absolute atomic E-state index is 0.169. The lowest BCUT2D eigenvalue weighted by atomic mass is 10.2. The highest BCUT2D eigenvalue weighted by molar-refractivity contribution is 5.87. The second kappa shape index (κ2) is 5.49. The molecule has 1 aromatic heterocycles. The van der Waals surface area contributed by atoms with Crippen LogP contribution in [-0.4, -0.2) is 15.9 Å². The number of carbonyl (C=O) groups is 1. The smallest absolute Gasteiger partial charge is 0.333 e. The number of imidazole rings is 1. The predicted molar refractivity (Wildman–Crippen MR) is 69.9 cm³/mol. The van der Waals surface area contributed by atoms with Crippen LogP contribution in [-0.2, 0) is 16.1 Å². The molecule has 0 unspecified atom stereocenters. The normalized spacial score (nSPS) is 11.8. The first kappa shape index (κ1) is 12.4.